The van der Waals surface area contributed by atoms with Crippen molar-refractivity contribution in [1.29, 1.82) is 0 Å². The van der Waals surface area contributed by atoms with Gasteiger partial charge in [-0.05, 0) is 23.8 Å². The molecule has 1 saturated heterocycles. The van der Waals surface area contributed by atoms with Gasteiger partial charge in [-0.2, -0.15) is 0 Å². The lowest BCUT2D eigenvalue weighted by molar-refractivity contribution is -0.119. The lowest BCUT2D eigenvalue weighted by Gasteiger charge is -2.08. The summed E-state index contributed by atoms with van der Waals surface area (Å²) in [7, 11) is 0. The summed E-state index contributed by atoms with van der Waals surface area (Å²) in [5.41, 5.74) is 1.03. The van der Waals surface area contributed by atoms with Crippen LogP contribution in [0.1, 0.15) is 17.9 Å². The number of carbonyl (C=O) groups excluding carboxylic acids is 1. The maximum Gasteiger partial charge on any atom is 0.220 e. The molecule has 1 heterocycles. The third-order valence-electron chi connectivity index (χ3n) is 2.33. The monoisotopic (exact) mass is 229 g/mol. The van der Waals surface area contributed by atoms with E-state index in [1.807, 2.05) is 12.1 Å². The predicted octanol–water partition coefficient (Wildman–Crippen LogP) is 2.60. The number of halogens is 2. The standard InChI is InChI=1S/C10H9Cl2NO/c11-8-1-6(2-9(12)4-8)7-3-10(14)13-5-7/h1-2,4,7H,3,5H2,(H,13,14). The van der Waals surface area contributed by atoms with Crippen LogP contribution in [0.5, 0.6) is 0 Å². The number of hydrogen-bond acceptors (Lipinski definition) is 1. The Labute approximate surface area is 92.2 Å². The molecule has 1 aromatic carbocycles. The van der Waals surface area contributed by atoms with E-state index in [0.29, 0.717) is 23.0 Å². The summed E-state index contributed by atoms with van der Waals surface area (Å²) in [6.45, 7) is 0.676. The molecule has 1 unspecified atom stereocenters. The maximum absolute atomic E-state index is 11.0. The Hall–Kier alpha value is -0.730. The second-order valence-corrected chi connectivity index (χ2v) is 4.28. The average molecular weight is 230 g/mol. The molecule has 1 N–H and O–H groups in total. The van der Waals surface area contributed by atoms with Crippen LogP contribution < -0.4 is 5.32 Å². The minimum Gasteiger partial charge on any atom is -0.355 e. The molecule has 0 aliphatic carbocycles. The van der Waals surface area contributed by atoms with Gasteiger partial charge in [-0.1, -0.05) is 23.2 Å². The van der Waals surface area contributed by atoms with E-state index in [2.05, 4.69) is 5.32 Å². The molecule has 2 rings (SSSR count). The number of hydrogen-bond donors (Lipinski definition) is 1. The molecule has 74 valence electrons. The molecule has 1 atom stereocenters. The van der Waals surface area contributed by atoms with Crippen LogP contribution in [-0.2, 0) is 4.79 Å². The zero-order valence-electron chi connectivity index (χ0n) is 7.39. The van der Waals surface area contributed by atoms with Crippen molar-refractivity contribution in [2.24, 2.45) is 0 Å². The first-order valence-electron chi connectivity index (χ1n) is 4.38. The first kappa shape index (κ1) is 9.81. The molecule has 0 bridgehead atoms. The second-order valence-electron chi connectivity index (χ2n) is 3.41. The highest BCUT2D eigenvalue weighted by atomic mass is 35.5. The van der Waals surface area contributed by atoms with Crippen LogP contribution >= 0.6 is 23.2 Å². The van der Waals surface area contributed by atoms with Crippen LogP contribution in [-0.4, -0.2) is 12.5 Å². The zero-order chi connectivity index (χ0) is 10.1. The number of nitrogens with one attached hydrogen (secondary N) is 1. The van der Waals surface area contributed by atoms with Crippen molar-refractivity contribution in [3.63, 3.8) is 0 Å². The van der Waals surface area contributed by atoms with Gasteiger partial charge < -0.3 is 5.32 Å². The molecule has 0 saturated carbocycles. The fourth-order valence-corrected chi connectivity index (χ4v) is 2.19. The summed E-state index contributed by atoms with van der Waals surface area (Å²) in [4.78, 5) is 11.0. The molecule has 0 aromatic heterocycles. The highest BCUT2D eigenvalue weighted by molar-refractivity contribution is 6.34. The molecule has 0 spiro atoms. The Morgan fingerprint density at radius 3 is 2.36 bits per heavy atom. The Morgan fingerprint density at radius 1 is 1.21 bits per heavy atom. The third-order valence-corrected chi connectivity index (χ3v) is 2.77. The molecular weight excluding hydrogens is 221 g/mol. The minimum atomic E-state index is 0.0890. The lowest BCUT2D eigenvalue weighted by Crippen LogP contribution is -2.13. The molecule has 2 nitrogen and oxygen atoms in total. The van der Waals surface area contributed by atoms with Crippen LogP contribution in [0.4, 0.5) is 0 Å². The summed E-state index contributed by atoms with van der Waals surface area (Å²) >= 11 is 11.8. The van der Waals surface area contributed by atoms with E-state index in [9.17, 15) is 4.79 Å². The van der Waals surface area contributed by atoms with Gasteiger partial charge in [-0.15, -0.1) is 0 Å². The fraction of sp³-hybridized carbons (Fsp3) is 0.300. The quantitative estimate of drug-likeness (QED) is 0.789. The summed E-state index contributed by atoms with van der Waals surface area (Å²) in [5.74, 6) is 0.296. The minimum absolute atomic E-state index is 0.0890. The zero-order valence-corrected chi connectivity index (χ0v) is 8.90. The van der Waals surface area contributed by atoms with Gasteiger partial charge in [0.15, 0.2) is 0 Å². The van der Waals surface area contributed by atoms with Gasteiger partial charge in [-0.25, -0.2) is 0 Å². The fourth-order valence-electron chi connectivity index (χ4n) is 1.65. The van der Waals surface area contributed by atoms with E-state index < -0.39 is 0 Å². The Balaban J connectivity index is 2.27. The van der Waals surface area contributed by atoms with Gasteiger partial charge in [0.1, 0.15) is 0 Å². The van der Waals surface area contributed by atoms with Crippen LogP contribution in [0, 0.1) is 0 Å². The molecule has 14 heavy (non-hydrogen) atoms. The highest BCUT2D eigenvalue weighted by Crippen LogP contribution is 2.28. The van der Waals surface area contributed by atoms with E-state index in [-0.39, 0.29) is 11.8 Å². The molecule has 1 amide bonds. The Morgan fingerprint density at radius 2 is 1.86 bits per heavy atom. The lowest BCUT2D eigenvalue weighted by atomic mass is 9.98. The molecule has 1 aliphatic rings. The smallest absolute Gasteiger partial charge is 0.220 e. The Kier molecular flexibility index (Phi) is 2.66. The first-order chi connectivity index (χ1) is 6.65. The normalized spacial score (nSPS) is 21.0. The van der Waals surface area contributed by atoms with Crippen molar-refractivity contribution in [2.45, 2.75) is 12.3 Å². The molecule has 1 aromatic rings. The number of amides is 1. The second kappa shape index (κ2) is 3.79. The largest absolute Gasteiger partial charge is 0.355 e. The van der Waals surface area contributed by atoms with Gasteiger partial charge in [0, 0.05) is 28.9 Å². The van der Waals surface area contributed by atoms with Gasteiger partial charge in [0.05, 0.1) is 0 Å². The van der Waals surface area contributed by atoms with Crippen molar-refractivity contribution in [1.82, 2.24) is 5.32 Å². The van der Waals surface area contributed by atoms with Crippen LogP contribution in [0.3, 0.4) is 0 Å². The van der Waals surface area contributed by atoms with E-state index in [1.165, 1.54) is 0 Å². The SMILES string of the molecule is O=C1CC(c2cc(Cl)cc(Cl)c2)CN1. The molecule has 1 fully saturated rings. The predicted molar refractivity (Wildman–Crippen MR) is 56.8 cm³/mol. The number of carbonyl (C=O) groups is 1. The number of rotatable bonds is 1. The summed E-state index contributed by atoms with van der Waals surface area (Å²) in [5, 5.41) is 4.02. The molecule has 1 aliphatic heterocycles. The number of benzene rings is 1. The molecule has 0 radical (unpaired) electrons. The van der Waals surface area contributed by atoms with E-state index in [0.717, 1.165) is 5.56 Å². The van der Waals surface area contributed by atoms with Crippen molar-refractivity contribution in [3.8, 4) is 0 Å². The van der Waals surface area contributed by atoms with Crippen molar-refractivity contribution < 1.29 is 4.79 Å². The highest BCUT2D eigenvalue weighted by Gasteiger charge is 2.23. The van der Waals surface area contributed by atoms with Crippen LogP contribution in [0.25, 0.3) is 0 Å². The topological polar surface area (TPSA) is 29.1 Å². The molecular formula is C10H9Cl2NO. The third kappa shape index (κ3) is 2.02. The van der Waals surface area contributed by atoms with Crippen molar-refractivity contribution in [2.75, 3.05) is 6.54 Å². The molecule has 4 heteroatoms. The average Bonchev–Trinajstić information content (AvgIpc) is 2.50. The van der Waals surface area contributed by atoms with Gasteiger partial charge in [0.25, 0.3) is 0 Å². The summed E-state index contributed by atoms with van der Waals surface area (Å²) in [6.07, 6.45) is 0.524. The van der Waals surface area contributed by atoms with E-state index in [1.54, 1.807) is 6.07 Å². The van der Waals surface area contributed by atoms with Crippen LogP contribution in [0.15, 0.2) is 18.2 Å². The maximum atomic E-state index is 11.0. The van der Waals surface area contributed by atoms with Crippen molar-refractivity contribution >= 4 is 29.1 Å². The van der Waals surface area contributed by atoms with Gasteiger partial charge >= 0.3 is 0 Å². The van der Waals surface area contributed by atoms with Gasteiger partial charge in [-0.3, -0.25) is 4.79 Å². The summed E-state index contributed by atoms with van der Waals surface area (Å²) in [6, 6.07) is 5.41. The van der Waals surface area contributed by atoms with E-state index >= 15 is 0 Å². The summed E-state index contributed by atoms with van der Waals surface area (Å²) < 4.78 is 0. The Bertz CT molecular complexity index is 358. The van der Waals surface area contributed by atoms with Crippen molar-refractivity contribution in [3.05, 3.63) is 33.8 Å². The van der Waals surface area contributed by atoms with E-state index in [4.69, 9.17) is 23.2 Å². The van der Waals surface area contributed by atoms with Crippen LogP contribution in [0.2, 0.25) is 10.0 Å². The van der Waals surface area contributed by atoms with Gasteiger partial charge in [0.2, 0.25) is 5.91 Å². The first-order valence-corrected chi connectivity index (χ1v) is 5.13.